The Bertz CT molecular complexity index is 740. The highest BCUT2D eigenvalue weighted by Gasteiger charge is 2.27. The Morgan fingerprint density at radius 3 is 2.12 bits per heavy atom. The Labute approximate surface area is 149 Å². The van der Waals surface area contributed by atoms with Gasteiger partial charge in [-0.3, -0.25) is 0 Å². The Morgan fingerprint density at radius 2 is 1.64 bits per heavy atom. The highest BCUT2D eigenvalue weighted by molar-refractivity contribution is 8.09. The molecule has 8 nitrogen and oxygen atoms in total. The van der Waals surface area contributed by atoms with Crippen molar-refractivity contribution in [3.63, 3.8) is 0 Å². The van der Waals surface area contributed by atoms with Gasteiger partial charge in [-0.1, -0.05) is 12.1 Å². The fourth-order valence-electron chi connectivity index (χ4n) is 2.87. The van der Waals surface area contributed by atoms with Crippen molar-refractivity contribution < 1.29 is 21.9 Å². The summed E-state index contributed by atoms with van der Waals surface area (Å²) in [4.78, 5) is 0. The van der Waals surface area contributed by atoms with Crippen LogP contribution >= 0.6 is 0 Å². The van der Waals surface area contributed by atoms with Crippen LogP contribution in [0, 0.1) is 0 Å². The predicted molar refractivity (Wildman–Crippen MR) is 97.5 cm³/mol. The maximum atomic E-state index is 11.8. The number of benzene rings is 1. The molecule has 3 N–H and O–H groups in total. The van der Waals surface area contributed by atoms with E-state index in [4.69, 9.17) is 0 Å². The molecule has 2 rings (SSSR count). The minimum absolute atomic E-state index is 0.0206. The van der Waals surface area contributed by atoms with Gasteiger partial charge in [0, 0.05) is 12.6 Å². The molecule has 1 aliphatic heterocycles. The molecule has 0 bridgehead atoms. The summed E-state index contributed by atoms with van der Waals surface area (Å²) in [5.74, 6) is 0. The van der Waals surface area contributed by atoms with Crippen molar-refractivity contribution in [2.24, 2.45) is 0 Å². The molecule has 1 fully saturated rings. The summed E-state index contributed by atoms with van der Waals surface area (Å²) in [7, 11) is -7.94. The molecule has 1 heterocycles. The van der Waals surface area contributed by atoms with Crippen LogP contribution < -0.4 is 14.3 Å². The highest BCUT2D eigenvalue weighted by atomic mass is 32.3. The Balaban J connectivity index is 2.07. The summed E-state index contributed by atoms with van der Waals surface area (Å²) in [6, 6.07) is 6.19. The van der Waals surface area contributed by atoms with E-state index in [9.17, 15) is 21.9 Å². The van der Waals surface area contributed by atoms with Crippen molar-refractivity contribution in [2.45, 2.75) is 25.0 Å². The molecule has 142 valence electrons. The normalized spacial score (nSPS) is 18.0. The van der Waals surface area contributed by atoms with E-state index in [0.29, 0.717) is 21.9 Å². The molecule has 1 atom stereocenters. The maximum absolute atomic E-state index is 11.8. The number of hydrogen-bond acceptors (Lipinski definition) is 7. The smallest absolute Gasteiger partial charge is 0.245 e. The van der Waals surface area contributed by atoms with E-state index in [1.54, 1.807) is 0 Å². The van der Waals surface area contributed by atoms with Gasteiger partial charge >= 0.3 is 0 Å². The first-order valence-electron chi connectivity index (χ1n) is 8.01. The van der Waals surface area contributed by atoms with Gasteiger partial charge in [0.25, 0.3) is 0 Å². The third-order valence-corrected chi connectivity index (χ3v) is 7.28. The van der Waals surface area contributed by atoms with Gasteiger partial charge in [-0.15, -0.1) is 0 Å². The Kier molecular flexibility index (Phi) is 6.44. The molecule has 0 radical (unpaired) electrons. The number of anilines is 1. The monoisotopic (exact) mass is 391 g/mol. The lowest BCUT2D eigenvalue weighted by atomic mass is 10.1. The molecule has 25 heavy (non-hydrogen) atoms. The van der Waals surface area contributed by atoms with Crippen LogP contribution in [0.25, 0.3) is 0 Å². The fraction of sp³-hybridized carbons (Fsp3) is 0.600. The zero-order chi connectivity index (χ0) is 18.7. The van der Waals surface area contributed by atoms with Gasteiger partial charge in [0.2, 0.25) is 20.0 Å². The lowest BCUT2D eigenvalue weighted by Gasteiger charge is -2.25. The van der Waals surface area contributed by atoms with Crippen LogP contribution in [-0.2, 0) is 20.0 Å². The lowest BCUT2D eigenvalue weighted by Crippen LogP contribution is -2.41. The molecule has 10 heteroatoms. The molecule has 1 unspecified atom stereocenters. The van der Waals surface area contributed by atoms with Gasteiger partial charge in [-0.05, 0) is 43.6 Å². The Hall–Kier alpha value is -1.20. The fourth-order valence-corrected chi connectivity index (χ4v) is 5.85. The van der Waals surface area contributed by atoms with Crippen molar-refractivity contribution in [1.82, 2.24) is 10.6 Å². The number of piperidine rings is 1. The number of aliphatic hydroxyl groups is 1. The van der Waals surface area contributed by atoms with E-state index in [-0.39, 0.29) is 5.69 Å². The van der Waals surface area contributed by atoms with Crippen LogP contribution in [-0.4, -0.2) is 60.1 Å². The van der Waals surface area contributed by atoms with Gasteiger partial charge in [-0.2, -0.15) is 3.71 Å². The molecular weight excluding hydrogens is 366 g/mol. The van der Waals surface area contributed by atoms with Crippen LogP contribution in [0.3, 0.4) is 0 Å². The summed E-state index contributed by atoms with van der Waals surface area (Å²) in [6.45, 7) is 2.29. The first-order valence-corrected chi connectivity index (χ1v) is 11.7. The Morgan fingerprint density at radius 1 is 1.12 bits per heavy atom. The van der Waals surface area contributed by atoms with Crippen LogP contribution in [0.2, 0.25) is 0 Å². The largest absolute Gasteiger partial charge is 0.387 e. The lowest BCUT2D eigenvalue weighted by molar-refractivity contribution is 0.166. The predicted octanol–water partition coefficient (Wildman–Crippen LogP) is -0.213. The van der Waals surface area contributed by atoms with E-state index in [2.05, 4.69) is 10.6 Å². The number of aliphatic hydroxyl groups excluding tert-OH is 1. The third kappa shape index (κ3) is 5.65. The first kappa shape index (κ1) is 20.1. The van der Waals surface area contributed by atoms with Crippen LogP contribution in [0.1, 0.15) is 24.5 Å². The van der Waals surface area contributed by atoms with E-state index in [0.717, 1.165) is 38.4 Å². The highest BCUT2D eigenvalue weighted by Crippen LogP contribution is 2.23. The quantitative estimate of drug-likeness (QED) is 0.589. The zero-order valence-electron chi connectivity index (χ0n) is 14.3. The van der Waals surface area contributed by atoms with Gasteiger partial charge in [0.15, 0.2) is 0 Å². The third-order valence-electron chi connectivity index (χ3n) is 4.03. The molecule has 0 aromatic heterocycles. The molecule has 0 aliphatic carbocycles. The molecule has 1 aromatic rings. The van der Waals surface area contributed by atoms with Gasteiger partial charge in [0.1, 0.15) is 0 Å². The van der Waals surface area contributed by atoms with Crippen molar-refractivity contribution in [3.05, 3.63) is 29.8 Å². The van der Waals surface area contributed by atoms with Gasteiger partial charge < -0.3 is 15.7 Å². The summed E-state index contributed by atoms with van der Waals surface area (Å²) >= 11 is 0. The van der Waals surface area contributed by atoms with Crippen LogP contribution in [0.15, 0.2) is 24.3 Å². The van der Waals surface area contributed by atoms with Crippen molar-refractivity contribution in [2.75, 3.05) is 35.9 Å². The molecule has 1 aliphatic rings. The van der Waals surface area contributed by atoms with E-state index in [1.807, 2.05) is 0 Å². The summed E-state index contributed by atoms with van der Waals surface area (Å²) in [5.41, 5.74) is 0.611. The minimum Gasteiger partial charge on any atom is -0.387 e. The maximum Gasteiger partial charge on any atom is 0.245 e. The van der Waals surface area contributed by atoms with Crippen molar-refractivity contribution in [3.8, 4) is 0 Å². The molecule has 1 saturated heterocycles. The second-order valence-corrected chi connectivity index (χ2v) is 10.2. The van der Waals surface area contributed by atoms with E-state index < -0.39 is 26.2 Å². The second kappa shape index (κ2) is 8.00. The van der Waals surface area contributed by atoms with Gasteiger partial charge in [0.05, 0.1) is 24.3 Å². The van der Waals surface area contributed by atoms with Crippen molar-refractivity contribution in [1.29, 1.82) is 0 Å². The van der Waals surface area contributed by atoms with E-state index in [1.165, 1.54) is 24.3 Å². The molecule has 0 spiro atoms. The molecule has 1 aromatic carbocycles. The van der Waals surface area contributed by atoms with Crippen LogP contribution in [0.5, 0.6) is 0 Å². The minimum atomic E-state index is -3.97. The molecular formula is C15H25N3O5S2. The summed E-state index contributed by atoms with van der Waals surface area (Å²) in [5, 5.41) is 16.9. The number of sulfonamides is 2. The molecule has 0 saturated carbocycles. The number of rotatable bonds is 7. The second-order valence-electron chi connectivity index (χ2n) is 6.26. The standard InChI is InChI=1S/C15H25N3O5S2/c1-24(20,21)18(25(2,22)23)14-5-3-12(4-6-14)15(19)11-17-13-7-9-16-10-8-13/h3-6,13,15-17,19H,7-11H2,1-2H3. The number of nitrogens with zero attached hydrogens (tertiary/aromatic N) is 1. The SMILES string of the molecule is CS(=O)(=O)N(c1ccc(C(O)CNC2CCNCC2)cc1)S(C)(=O)=O. The van der Waals surface area contributed by atoms with E-state index >= 15 is 0 Å². The number of nitrogens with one attached hydrogen (secondary N) is 2. The average Bonchev–Trinajstić information content (AvgIpc) is 2.51. The topological polar surface area (TPSA) is 116 Å². The number of hydrogen-bond donors (Lipinski definition) is 3. The van der Waals surface area contributed by atoms with Crippen molar-refractivity contribution >= 4 is 25.7 Å². The summed E-state index contributed by atoms with van der Waals surface area (Å²) < 4.78 is 47.4. The zero-order valence-corrected chi connectivity index (χ0v) is 16.0. The van der Waals surface area contributed by atoms with Gasteiger partial charge in [-0.25, -0.2) is 16.8 Å². The molecule has 0 amide bonds. The van der Waals surface area contributed by atoms with Crippen LogP contribution in [0.4, 0.5) is 5.69 Å². The summed E-state index contributed by atoms with van der Waals surface area (Å²) in [6.07, 6.45) is 2.92. The average molecular weight is 392 g/mol. The first-order chi connectivity index (χ1) is 11.6.